The molecule has 0 aliphatic heterocycles. The number of fused-ring (bicyclic) bond motifs is 1. The van der Waals surface area contributed by atoms with Crippen LogP contribution in [0.5, 0.6) is 11.8 Å². The molecule has 100 valence electrons. The average Bonchev–Trinajstić information content (AvgIpc) is 2.44. The molecule has 1 aromatic heterocycles. The molecule has 0 fully saturated rings. The maximum atomic E-state index is 13.5. The number of nitrogen functional groups attached to an aromatic ring is 1. The molecule has 0 atom stereocenters. The fourth-order valence-corrected chi connectivity index (χ4v) is 2.10. The summed E-state index contributed by atoms with van der Waals surface area (Å²) in [6.07, 6.45) is 1.64. The molecule has 1 heterocycles. The number of rotatable bonds is 2. The van der Waals surface area contributed by atoms with Gasteiger partial charge in [0, 0.05) is 17.6 Å². The van der Waals surface area contributed by atoms with Crippen LogP contribution in [0.2, 0.25) is 0 Å². The predicted octanol–water partition coefficient (Wildman–Crippen LogP) is 3.91. The molecule has 0 aliphatic carbocycles. The maximum absolute atomic E-state index is 13.5. The number of hydrogen-bond donors (Lipinski definition) is 1. The fraction of sp³-hybridized carbons (Fsp3) is 0. The van der Waals surface area contributed by atoms with E-state index in [1.165, 1.54) is 12.1 Å². The van der Waals surface area contributed by atoms with Crippen LogP contribution in [-0.4, -0.2) is 9.97 Å². The van der Waals surface area contributed by atoms with E-state index in [1.807, 2.05) is 24.3 Å². The second-order valence-electron chi connectivity index (χ2n) is 4.12. The highest BCUT2D eigenvalue weighted by molar-refractivity contribution is 9.10. The third kappa shape index (κ3) is 2.42. The molecule has 4 nitrogen and oxygen atoms in total. The summed E-state index contributed by atoms with van der Waals surface area (Å²) in [5, 5.41) is 0.898. The first kappa shape index (κ1) is 12.8. The Morgan fingerprint density at radius 2 is 2.00 bits per heavy atom. The Morgan fingerprint density at radius 1 is 1.20 bits per heavy atom. The van der Waals surface area contributed by atoms with Gasteiger partial charge in [-0.2, -0.15) is 4.98 Å². The minimum Gasteiger partial charge on any atom is -0.422 e. The lowest BCUT2D eigenvalue weighted by molar-refractivity contribution is 0.442. The molecule has 3 aromatic rings. The van der Waals surface area contributed by atoms with Gasteiger partial charge in [0.25, 0.3) is 0 Å². The van der Waals surface area contributed by atoms with E-state index < -0.39 is 5.82 Å². The Kier molecular flexibility index (Phi) is 3.23. The van der Waals surface area contributed by atoms with Crippen LogP contribution in [0.1, 0.15) is 0 Å². The number of halogens is 2. The van der Waals surface area contributed by atoms with Gasteiger partial charge in [0.2, 0.25) is 0 Å². The molecule has 0 bridgehead atoms. The Hall–Kier alpha value is -2.21. The fourth-order valence-electron chi connectivity index (χ4n) is 1.74. The molecule has 6 heteroatoms. The zero-order valence-electron chi connectivity index (χ0n) is 10.2. The number of para-hydroxylation sites is 1. The minimum absolute atomic E-state index is 0.122. The van der Waals surface area contributed by atoms with Gasteiger partial charge in [0.15, 0.2) is 5.75 Å². The van der Waals surface area contributed by atoms with Crippen LogP contribution in [-0.2, 0) is 0 Å². The van der Waals surface area contributed by atoms with Crippen LogP contribution in [0.25, 0.3) is 10.9 Å². The number of ether oxygens (including phenoxy) is 1. The molecule has 0 saturated heterocycles. The molecule has 3 rings (SSSR count). The second-order valence-corrected chi connectivity index (χ2v) is 4.97. The van der Waals surface area contributed by atoms with E-state index in [1.54, 1.807) is 6.20 Å². The Labute approximate surface area is 122 Å². The molecule has 20 heavy (non-hydrogen) atoms. The largest absolute Gasteiger partial charge is 0.422 e. The van der Waals surface area contributed by atoms with Crippen molar-refractivity contribution >= 4 is 32.5 Å². The Morgan fingerprint density at radius 3 is 2.85 bits per heavy atom. The van der Waals surface area contributed by atoms with Gasteiger partial charge in [-0.25, -0.2) is 9.37 Å². The first-order valence-corrected chi connectivity index (χ1v) is 6.57. The van der Waals surface area contributed by atoms with Crippen molar-refractivity contribution in [1.29, 1.82) is 0 Å². The van der Waals surface area contributed by atoms with E-state index in [-0.39, 0.29) is 16.2 Å². The van der Waals surface area contributed by atoms with Crippen molar-refractivity contribution < 1.29 is 9.13 Å². The van der Waals surface area contributed by atoms with E-state index in [4.69, 9.17) is 10.5 Å². The van der Waals surface area contributed by atoms with Crippen molar-refractivity contribution in [1.82, 2.24) is 9.97 Å². The highest BCUT2D eigenvalue weighted by Crippen LogP contribution is 2.31. The van der Waals surface area contributed by atoms with Gasteiger partial charge in [-0.15, -0.1) is 0 Å². The van der Waals surface area contributed by atoms with Gasteiger partial charge in [0.05, 0.1) is 15.7 Å². The van der Waals surface area contributed by atoms with Gasteiger partial charge in [-0.05, 0) is 28.1 Å². The Balaban J connectivity index is 1.99. The zero-order chi connectivity index (χ0) is 14.1. The highest BCUT2D eigenvalue weighted by atomic mass is 79.9. The minimum atomic E-state index is -0.463. The third-order valence-corrected chi connectivity index (χ3v) is 3.33. The number of aromatic nitrogens is 2. The normalized spacial score (nSPS) is 10.7. The monoisotopic (exact) mass is 333 g/mol. The smallest absolute Gasteiger partial charge is 0.322 e. The number of benzene rings is 2. The molecule has 0 amide bonds. The summed E-state index contributed by atoms with van der Waals surface area (Å²) in [5.74, 6) is -0.282. The molecular weight excluding hydrogens is 325 g/mol. The van der Waals surface area contributed by atoms with Gasteiger partial charge >= 0.3 is 6.01 Å². The summed E-state index contributed by atoms with van der Waals surface area (Å²) in [7, 11) is 0. The quantitative estimate of drug-likeness (QED) is 0.722. The van der Waals surface area contributed by atoms with Crippen LogP contribution in [0.3, 0.4) is 0 Å². The van der Waals surface area contributed by atoms with Crippen LogP contribution >= 0.6 is 15.9 Å². The van der Waals surface area contributed by atoms with Crippen LogP contribution in [0, 0.1) is 5.82 Å². The standard InChI is InChI=1S/C14H9BrFN3O/c15-9-5-11(17)13(6-10(9)16)20-14-18-7-8-3-1-2-4-12(8)19-14/h1-7H,17H2. The summed E-state index contributed by atoms with van der Waals surface area (Å²) >= 11 is 3.06. The zero-order valence-corrected chi connectivity index (χ0v) is 11.8. The van der Waals surface area contributed by atoms with E-state index >= 15 is 0 Å². The molecule has 2 N–H and O–H groups in total. The van der Waals surface area contributed by atoms with Crippen molar-refractivity contribution in [3.05, 3.63) is 52.9 Å². The first-order chi connectivity index (χ1) is 9.63. The summed E-state index contributed by atoms with van der Waals surface area (Å²) in [4.78, 5) is 8.31. The van der Waals surface area contributed by atoms with Gasteiger partial charge in [0.1, 0.15) is 5.82 Å². The number of nitrogens with zero attached hydrogens (tertiary/aromatic N) is 2. The molecule has 0 saturated carbocycles. The first-order valence-electron chi connectivity index (χ1n) is 5.77. The SMILES string of the molecule is Nc1cc(Br)c(F)cc1Oc1ncc2ccccc2n1. The summed E-state index contributed by atoms with van der Waals surface area (Å²) < 4.78 is 19.2. The second kappa shape index (κ2) is 5.05. The number of nitrogens with two attached hydrogens (primary N) is 1. The van der Waals surface area contributed by atoms with Crippen LogP contribution in [0.15, 0.2) is 47.1 Å². The maximum Gasteiger partial charge on any atom is 0.322 e. The molecular formula is C14H9BrFN3O. The molecule has 2 aromatic carbocycles. The summed E-state index contributed by atoms with van der Waals surface area (Å²) in [5.41, 5.74) is 6.82. The lowest BCUT2D eigenvalue weighted by Crippen LogP contribution is -1.97. The molecule has 0 spiro atoms. The number of anilines is 1. The van der Waals surface area contributed by atoms with Crippen molar-refractivity contribution in [2.24, 2.45) is 0 Å². The lowest BCUT2D eigenvalue weighted by atomic mass is 10.2. The summed E-state index contributed by atoms with van der Waals surface area (Å²) in [6, 6.07) is 10.3. The van der Waals surface area contributed by atoms with Crippen molar-refractivity contribution in [3.8, 4) is 11.8 Å². The van der Waals surface area contributed by atoms with E-state index in [0.29, 0.717) is 5.69 Å². The van der Waals surface area contributed by atoms with E-state index in [9.17, 15) is 4.39 Å². The molecule has 0 aliphatic rings. The molecule has 0 radical (unpaired) electrons. The van der Waals surface area contributed by atoms with Crippen LogP contribution < -0.4 is 10.5 Å². The topological polar surface area (TPSA) is 61.0 Å². The van der Waals surface area contributed by atoms with E-state index in [0.717, 1.165) is 10.9 Å². The van der Waals surface area contributed by atoms with Crippen LogP contribution in [0.4, 0.5) is 10.1 Å². The lowest BCUT2D eigenvalue weighted by Gasteiger charge is -2.08. The van der Waals surface area contributed by atoms with Gasteiger partial charge < -0.3 is 10.5 Å². The molecule has 0 unspecified atom stereocenters. The van der Waals surface area contributed by atoms with Crippen molar-refractivity contribution in [2.45, 2.75) is 0 Å². The average molecular weight is 334 g/mol. The highest BCUT2D eigenvalue weighted by Gasteiger charge is 2.10. The van der Waals surface area contributed by atoms with E-state index in [2.05, 4.69) is 25.9 Å². The van der Waals surface area contributed by atoms with Crippen molar-refractivity contribution in [2.75, 3.05) is 5.73 Å². The Bertz CT molecular complexity index is 794. The number of hydrogen-bond acceptors (Lipinski definition) is 4. The van der Waals surface area contributed by atoms with Crippen molar-refractivity contribution in [3.63, 3.8) is 0 Å². The third-order valence-electron chi connectivity index (χ3n) is 2.72. The predicted molar refractivity (Wildman–Crippen MR) is 78.1 cm³/mol. The summed E-state index contributed by atoms with van der Waals surface area (Å²) in [6.45, 7) is 0. The van der Waals surface area contributed by atoms with Gasteiger partial charge in [-0.1, -0.05) is 18.2 Å². The van der Waals surface area contributed by atoms with Gasteiger partial charge in [-0.3, -0.25) is 0 Å².